The largest absolute Gasteiger partial charge is 0.497 e. The van der Waals surface area contributed by atoms with Crippen molar-refractivity contribution in [2.24, 2.45) is 0 Å². The summed E-state index contributed by atoms with van der Waals surface area (Å²) in [6, 6.07) is 13.4. The average Bonchev–Trinajstić information content (AvgIpc) is 3.03. The zero-order chi connectivity index (χ0) is 19.2. The Balaban J connectivity index is 1.97. The third-order valence-corrected chi connectivity index (χ3v) is 4.56. The quantitative estimate of drug-likeness (QED) is 0.444. The number of benzene rings is 2. The van der Waals surface area contributed by atoms with Crippen LogP contribution in [-0.2, 0) is 12.7 Å². The summed E-state index contributed by atoms with van der Waals surface area (Å²) in [5.41, 5.74) is 0.247. The van der Waals surface area contributed by atoms with E-state index < -0.39 is 11.9 Å². The summed E-state index contributed by atoms with van der Waals surface area (Å²) < 4.78 is 47.9. The van der Waals surface area contributed by atoms with Crippen LogP contribution in [0.3, 0.4) is 0 Å². The van der Waals surface area contributed by atoms with E-state index in [1.165, 1.54) is 7.11 Å². The fourth-order valence-electron chi connectivity index (χ4n) is 3.11. The highest BCUT2D eigenvalue weighted by atomic mass is 35.5. The van der Waals surface area contributed by atoms with E-state index in [9.17, 15) is 13.2 Å². The molecule has 2 aromatic carbocycles. The molecule has 0 aliphatic heterocycles. The Labute approximate surface area is 157 Å². The molecule has 4 aromatic rings. The molecule has 27 heavy (non-hydrogen) atoms. The lowest BCUT2D eigenvalue weighted by molar-refractivity contribution is -0.142. The first-order chi connectivity index (χ1) is 12.9. The van der Waals surface area contributed by atoms with Crippen molar-refractivity contribution in [3.63, 3.8) is 0 Å². The van der Waals surface area contributed by atoms with Gasteiger partial charge in [-0.15, -0.1) is 0 Å². The van der Waals surface area contributed by atoms with Gasteiger partial charge in [0.15, 0.2) is 10.8 Å². The van der Waals surface area contributed by atoms with Crippen LogP contribution in [0.1, 0.15) is 11.3 Å². The summed E-state index contributed by atoms with van der Waals surface area (Å²) in [5.74, 6) is 0.624. The molecular formula is C19H13ClF3N3O. The molecule has 0 atom stereocenters. The Morgan fingerprint density at radius 2 is 1.78 bits per heavy atom. The highest BCUT2D eigenvalue weighted by Crippen LogP contribution is 2.40. The Bertz CT molecular complexity index is 1140. The minimum absolute atomic E-state index is 0.0355. The molecule has 0 fully saturated rings. The predicted molar refractivity (Wildman–Crippen MR) is 97.1 cm³/mol. The van der Waals surface area contributed by atoms with Crippen LogP contribution >= 0.6 is 11.6 Å². The number of aromatic nitrogens is 3. The fourth-order valence-corrected chi connectivity index (χ4v) is 3.33. The summed E-state index contributed by atoms with van der Waals surface area (Å²) in [4.78, 5) is 4.18. The zero-order valence-electron chi connectivity index (χ0n) is 14.1. The second-order valence-electron chi connectivity index (χ2n) is 6.00. The van der Waals surface area contributed by atoms with Gasteiger partial charge >= 0.3 is 6.18 Å². The molecule has 0 saturated heterocycles. The molecule has 0 bridgehead atoms. The standard InChI is InChI=1S/C19H13ClF3N3O/c1-27-12-8-6-11(7-9-12)10-26-17(19(21,22)23)15-13-4-2-3-5-14(13)24-18(20)16(15)25-26/h2-9H,10H2,1H3. The molecule has 2 heterocycles. The minimum atomic E-state index is -4.60. The summed E-state index contributed by atoms with van der Waals surface area (Å²) in [7, 11) is 1.52. The van der Waals surface area contributed by atoms with Gasteiger partial charge in [-0.05, 0) is 23.8 Å². The molecule has 0 radical (unpaired) electrons. The van der Waals surface area contributed by atoms with Crippen molar-refractivity contribution >= 4 is 33.4 Å². The molecule has 0 N–H and O–H groups in total. The second-order valence-corrected chi connectivity index (χ2v) is 6.35. The van der Waals surface area contributed by atoms with Crippen LogP contribution in [-0.4, -0.2) is 21.9 Å². The molecule has 0 amide bonds. The van der Waals surface area contributed by atoms with Crippen LogP contribution in [0.2, 0.25) is 5.15 Å². The van der Waals surface area contributed by atoms with E-state index >= 15 is 0 Å². The summed E-state index contributed by atoms with van der Waals surface area (Å²) in [6.07, 6.45) is -4.60. The van der Waals surface area contributed by atoms with Crippen molar-refractivity contribution in [1.29, 1.82) is 0 Å². The number of para-hydroxylation sites is 1. The highest BCUT2D eigenvalue weighted by Gasteiger charge is 2.39. The number of methoxy groups -OCH3 is 1. The van der Waals surface area contributed by atoms with Crippen molar-refractivity contribution in [3.8, 4) is 5.75 Å². The van der Waals surface area contributed by atoms with Crippen LogP contribution in [0.15, 0.2) is 48.5 Å². The molecule has 2 aromatic heterocycles. The number of halogens is 4. The number of hydrogen-bond donors (Lipinski definition) is 0. The topological polar surface area (TPSA) is 39.9 Å². The highest BCUT2D eigenvalue weighted by molar-refractivity contribution is 6.35. The van der Waals surface area contributed by atoms with E-state index in [0.29, 0.717) is 22.2 Å². The van der Waals surface area contributed by atoms with Crippen LogP contribution in [0.5, 0.6) is 5.75 Å². The third kappa shape index (κ3) is 3.08. The lowest BCUT2D eigenvalue weighted by Crippen LogP contribution is -2.15. The Morgan fingerprint density at radius 1 is 1.07 bits per heavy atom. The maximum atomic E-state index is 13.9. The minimum Gasteiger partial charge on any atom is -0.497 e. The van der Waals surface area contributed by atoms with E-state index in [2.05, 4.69) is 10.1 Å². The Kier molecular flexibility index (Phi) is 4.19. The molecule has 0 unspecified atom stereocenters. The summed E-state index contributed by atoms with van der Waals surface area (Å²) >= 11 is 6.14. The van der Waals surface area contributed by atoms with Gasteiger partial charge in [-0.3, -0.25) is 4.68 Å². The summed E-state index contributed by atoms with van der Waals surface area (Å²) in [5, 5.41) is 4.41. The number of alkyl halides is 3. The lowest BCUT2D eigenvalue weighted by Gasteiger charge is -2.12. The number of pyridine rings is 1. The van der Waals surface area contributed by atoms with Crippen LogP contribution < -0.4 is 4.74 Å². The van der Waals surface area contributed by atoms with Gasteiger partial charge in [0.2, 0.25) is 0 Å². The molecule has 138 valence electrons. The first kappa shape index (κ1) is 17.6. The number of rotatable bonds is 3. The van der Waals surface area contributed by atoms with Gasteiger partial charge in [0.25, 0.3) is 0 Å². The van der Waals surface area contributed by atoms with Crippen molar-refractivity contribution < 1.29 is 17.9 Å². The number of hydrogen-bond acceptors (Lipinski definition) is 3. The maximum Gasteiger partial charge on any atom is 0.433 e. The van der Waals surface area contributed by atoms with Crippen molar-refractivity contribution in [3.05, 3.63) is 64.9 Å². The summed E-state index contributed by atoms with van der Waals surface area (Å²) in [6.45, 7) is -0.0574. The Hall–Kier alpha value is -2.80. The molecule has 0 saturated carbocycles. The van der Waals surface area contributed by atoms with Gasteiger partial charge in [0, 0.05) is 10.8 Å². The van der Waals surface area contributed by atoms with E-state index in [4.69, 9.17) is 16.3 Å². The monoisotopic (exact) mass is 391 g/mol. The van der Waals surface area contributed by atoms with Gasteiger partial charge in [-0.2, -0.15) is 18.3 Å². The SMILES string of the molecule is COc1ccc(Cn2nc3c(Cl)nc4ccccc4c3c2C(F)(F)F)cc1. The zero-order valence-corrected chi connectivity index (χ0v) is 14.8. The van der Waals surface area contributed by atoms with Crippen molar-refractivity contribution in [2.45, 2.75) is 12.7 Å². The average molecular weight is 392 g/mol. The molecule has 8 heteroatoms. The molecular weight excluding hydrogens is 379 g/mol. The van der Waals surface area contributed by atoms with E-state index in [-0.39, 0.29) is 22.6 Å². The first-order valence-corrected chi connectivity index (χ1v) is 8.41. The van der Waals surface area contributed by atoms with E-state index in [1.807, 2.05) is 0 Å². The maximum absolute atomic E-state index is 13.9. The van der Waals surface area contributed by atoms with Gasteiger partial charge in [0.05, 0.1) is 19.2 Å². The Morgan fingerprint density at radius 3 is 2.44 bits per heavy atom. The molecule has 0 aliphatic carbocycles. The second kappa shape index (κ2) is 6.42. The fraction of sp³-hybridized carbons (Fsp3) is 0.158. The van der Waals surface area contributed by atoms with Gasteiger partial charge in [-0.25, -0.2) is 4.98 Å². The normalized spacial score (nSPS) is 12.0. The van der Waals surface area contributed by atoms with Crippen molar-refractivity contribution in [1.82, 2.24) is 14.8 Å². The van der Waals surface area contributed by atoms with Crippen LogP contribution in [0.4, 0.5) is 13.2 Å². The molecule has 0 spiro atoms. The van der Waals surface area contributed by atoms with Crippen molar-refractivity contribution in [2.75, 3.05) is 7.11 Å². The van der Waals surface area contributed by atoms with Gasteiger partial charge in [0.1, 0.15) is 11.3 Å². The smallest absolute Gasteiger partial charge is 0.433 e. The number of ether oxygens (including phenoxy) is 1. The third-order valence-electron chi connectivity index (χ3n) is 4.30. The predicted octanol–water partition coefficient (Wildman–Crippen LogP) is 5.31. The molecule has 4 rings (SSSR count). The van der Waals surface area contributed by atoms with E-state index in [1.54, 1.807) is 48.5 Å². The number of fused-ring (bicyclic) bond motifs is 3. The molecule has 4 nitrogen and oxygen atoms in total. The first-order valence-electron chi connectivity index (χ1n) is 8.03. The molecule has 0 aliphatic rings. The lowest BCUT2D eigenvalue weighted by atomic mass is 10.1. The van der Waals surface area contributed by atoms with Gasteiger partial charge < -0.3 is 4.74 Å². The number of nitrogens with zero attached hydrogens (tertiary/aromatic N) is 3. The van der Waals surface area contributed by atoms with E-state index in [0.717, 1.165) is 4.68 Å². The van der Waals surface area contributed by atoms with Crippen LogP contribution in [0, 0.1) is 0 Å². The van der Waals surface area contributed by atoms with Crippen LogP contribution in [0.25, 0.3) is 21.8 Å². The van der Waals surface area contributed by atoms with Gasteiger partial charge in [-0.1, -0.05) is 41.9 Å².